The highest BCUT2D eigenvalue weighted by Crippen LogP contribution is 2.26. The number of rotatable bonds is 3. The lowest BCUT2D eigenvalue weighted by Gasteiger charge is -2.34. The van der Waals surface area contributed by atoms with E-state index in [2.05, 4.69) is 5.32 Å². The van der Waals surface area contributed by atoms with E-state index in [1.54, 1.807) is 4.90 Å². The fraction of sp³-hybridized carbons (Fsp3) is 0.562. The van der Waals surface area contributed by atoms with E-state index in [0.717, 1.165) is 0 Å². The van der Waals surface area contributed by atoms with Crippen LogP contribution in [-0.2, 0) is 14.8 Å². The molecular formula is C16H21ClFN3O4S. The molecule has 0 bridgehead atoms. The molecule has 10 heteroatoms. The minimum Gasteiger partial charge on any atom is -0.378 e. The molecule has 2 fully saturated rings. The number of hydrogen-bond acceptors (Lipinski definition) is 4. The van der Waals surface area contributed by atoms with E-state index >= 15 is 0 Å². The first-order chi connectivity index (χ1) is 12.4. The molecule has 1 atom stereocenters. The maximum absolute atomic E-state index is 14.2. The van der Waals surface area contributed by atoms with Crippen LogP contribution in [0.3, 0.4) is 0 Å². The number of nitrogens with one attached hydrogen (secondary N) is 1. The summed E-state index contributed by atoms with van der Waals surface area (Å²) in [5, 5.41) is 2.64. The van der Waals surface area contributed by atoms with Crippen molar-refractivity contribution in [2.24, 2.45) is 0 Å². The standard InChI is InChI=1S/C16H21ClFN3O4S/c17-13-4-1-5-14(15(13)18)26(23,24)21-6-2-3-12(11-21)19-16(22)20-7-9-25-10-8-20/h1,4-5,12H,2-3,6-11H2,(H,19,22). The number of amides is 2. The van der Waals surface area contributed by atoms with E-state index in [9.17, 15) is 17.6 Å². The summed E-state index contributed by atoms with van der Waals surface area (Å²) in [5.74, 6) is -0.950. The van der Waals surface area contributed by atoms with Gasteiger partial charge in [-0.25, -0.2) is 17.6 Å². The highest BCUT2D eigenvalue weighted by Gasteiger charge is 2.33. The van der Waals surface area contributed by atoms with Gasteiger partial charge in [0.1, 0.15) is 4.90 Å². The zero-order valence-corrected chi connectivity index (χ0v) is 15.7. The topological polar surface area (TPSA) is 79.0 Å². The van der Waals surface area contributed by atoms with E-state index in [1.165, 1.54) is 22.5 Å². The predicted octanol–water partition coefficient (Wildman–Crippen LogP) is 1.67. The first kappa shape index (κ1) is 19.3. The van der Waals surface area contributed by atoms with Crippen LogP contribution >= 0.6 is 11.6 Å². The molecule has 3 rings (SSSR count). The van der Waals surface area contributed by atoms with Gasteiger partial charge in [0.15, 0.2) is 5.82 Å². The van der Waals surface area contributed by atoms with Gasteiger partial charge in [-0.05, 0) is 25.0 Å². The van der Waals surface area contributed by atoms with Crippen molar-refractivity contribution in [2.75, 3.05) is 39.4 Å². The second-order valence-electron chi connectivity index (χ2n) is 6.30. The quantitative estimate of drug-likeness (QED) is 0.829. The number of carbonyl (C=O) groups is 1. The van der Waals surface area contributed by atoms with Gasteiger partial charge in [0.05, 0.1) is 18.2 Å². The fourth-order valence-electron chi connectivity index (χ4n) is 3.13. The molecule has 2 amide bonds. The van der Waals surface area contributed by atoms with Crippen LogP contribution in [0.1, 0.15) is 12.8 Å². The molecule has 0 spiro atoms. The van der Waals surface area contributed by atoms with Crippen molar-refractivity contribution in [2.45, 2.75) is 23.8 Å². The first-order valence-corrected chi connectivity index (χ1v) is 10.3. The lowest BCUT2D eigenvalue weighted by atomic mass is 10.1. The minimum absolute atomic E-state index is 0.102. The Morgan fingerprint density at radius 2 is 2.00 bits per heavy atom. The van der Waals surface area contributed by atoms with Gasteiger partial charge in [-0.1, -0.05) is 17.7 Å². The third kappa shape index (κ3) is 4.11. The maximum Gasteiger partial charge on any atom is 0.317 e. The molecule has 1 unspecified atom stereocenters. The number of morpholine rings is 1. The molecule has 144 valence electrons. The summed E-state index contributed by atoms with van der Waals surface area (Å²) in [7, 11) is -4.02. The van der Waals surface area contributed by atoms with Gasteiger partial charge in [0.2, 0.25) is 10.0 Å². The second-order valence-corrected chi connectivity index (χ2v) is 8.62. The summed E-state index contributed by atoms with van der Waals surface area (Å²) in [4.78, 5) is 13.5. The number of ether oxygens (including phenoxy) is 1. The molecule has 7 nitrogen and oxygen atoms in total. The zero-order valence-electron chi connectivity index (χ0n) is 14.2. The van der Waals surface area contributed by atoms with Crippen LogP contribution in [0.25, 0.3) is 0 Å². The third-order valence-corrected chi connectivity index (χ3v) is 6.72. The minimum atomic E-state index is -4.02. The van der Waals surface area contributed by atoms with Crippen LogP contribution in [0.15, 0.2) is 23.1 Å². The fourth-order valence-corrected chi connectivity index (χ4v) is 4.97. The molecule has 0 radical (unpaired) electrons. The molecule has 2 saturated heterocycles. The molecule has 26 heavy (non-hydrogen) atoms. The van der Waals surface area contributed by atoms with Gasteiger partial charge < -0.3 is 15.0 Å². The first-order valence-electron chi connectivity index (χ1n) is 8.47. The zero-order chi connectivity index (χ0) is 18.7. The van der Waals surface area contributed by atoms with E-state index < -0.39 is 20.7 Å². The Bertz CT molecular complexity index is 771. The van der Waals surface area contributed by atoms with E-state index in [-0.39, 0.29) is 30.2 Å². The average molecular weight is 406 g/mol. The third-order valence-electron chi connectivity index (χ3n) is 4.54. The molecule has 2 heterocycles. The Labute approximate surface area is 157 Å². The van der Waals surface area contributed by atoms with Crippen LogP contribution in [0, 0.1) is 5.82 Å². The largest absolute Gasteiger partial charge is 0.378 e. The molecular weight excluding hydrogens is 385 g/mol. The van der Waals surface area contributed by atoms with Crippen molar-refractivity contribution in [3.05, 3.63) is 29.0 Å². The number of urea groups is 1. The van der Waals surface area contributed by atoms with E-state index in [0.29, 0.717) is 39.1 Å². The van der Waals surface area contributed by atoms with Crippen molar-refractivity contribution in [3.63, 3.8) is 0 Å². The van der Waals surface area contributed by atoms with Crippen LogP contribution in [0.2, 0.25) is 5.02 Å². The van der Waals surface area contributed by atoms with Gasteiger partial charge >= 0.3 is 6.03 Å². The van der Waals surface area contributed by atoms with Crippen molar-refractivity contribution in [3.8, 4) is 0 Å². The lowest BCUT2D eigenvalue weighted by Crippen LogP contribution is -2.54. The number of piperidine rings is 1. The number of sulfonamides is 1. The Morgan fingerprint density at radius 3 is 2.73 bits per heavy atom. The Kier molecular flexibility index (Phi) is 6.01. The summed E-state index contributed by atoms with van der Waals surface area (Å²) in [6, 6.07) is 3.35. The summed E-state index contributed by atoms with van der Waals surface area (Å²) < 4.78 is 46.2. The van der Waals surface area contributed by atoms with Crippen molar-refractivity contribution < 1.29 is 22.3 Å². The summed E-state index contributed by atoms with van der Waals surface area (Å²) in [5.41, 5.74) is 0. The summed E-state index contributed by atoms with van der Waals surface area (Å²) in [6.45, 7) is 2.38. The Balaban J connectivity index is 1.69. The predicted molar refractivity (Wildman–Crippen MR) is 94.1 cm³/mol. The smallest absolute Gasteiger partial charge is 0.317 e. The lowest BCUT2D eigenvalue weighted by molar-refractivity contribution is 0.0519. The van der Waals surface area contributed by atoms with Gasteiger partial charge in [-0.2, -0.15) is 4.31 Å². The highest BCUT2D eigenvalue weighted by molar-refractivity contribution is 7.89. The SMILES string of the molecule is O=C(NC1CCCN(S(=O)(=O)c2cccc(Cl)c2F)C1)N1CCOCC1. The monoisotopic (exact) mass is 405 g/mol. The molecule has 0 aromatic heterocycles. The summed E-state index contributed by atoms with van der Waals surface area (Å²) in [6.07, 6.45) is 1.25. The average Bonchev–Trinajstić information content (AvgIpc) is 2.65. The van der Waals surface area contributed by atoms with Gasteiger partial charge in [0, 0.05) is 32.2 Å². The second kappa shape index (κ2) is 8.08. The van der Waals surface area contributed by atoms with Gasteiger partial charge in [-0.15, -0.1) is 0 Å². The molecule has 0 saturated carbocycles. The Hall–Kier alpha value is -1.42. The van der Waals surface area contributed by atoms with Gasteiger partial charge in [0.25, 0.3) is 0 Å². The van der Waals surface area contributed by atoms with Crippen LogP contribution in [0.5, 0.6) is 0 Å². The van der Waals surface area contributed by atoms with Crippen LogP contribution in [-0.4, -0.2) is 69.1 Å². The normalized spacial score (nSPS) is 22.2. The molecule has 1 aromatic carbocycles. The molecule has 2 aliphatic rings. The maximum atomic E-state index is 14.2. The number of hydrogen-bond donors (Lipinski definition) is 1. The van der Waals surface area contributed by atoms with E-state index in [1.807, 2.05) is 0 Å². The van der Waals surface area contributed by atoms with Crippen molar-refractivity contribution in [1.82, 2.24) is 14.5 Å². The number of carbonyl (C=O) groups excluding carboxylic acids is 1. The van der Waals surface area contributed by atoms with Gasteiger partial charge in [-0.3, -0.25) is 0 Å². The molecule has 1 N–H and O–H groups in total. The van der Waals surface area contributed by atoms with E-state index in [4.69, 9.17) is 16.3 Å². The number of halogens is 2. The van der Waals surface area contributed by atoms with Crippen molar-refractivity contribution in [1.29, 1.82) is 0 Å². The van der Waals surface area contributed by atoms with Crippen LogP contribution < -0.4 is 5.32 Å². The molecule has 0 aliphatic carbocycles. The van der Waals surface area contributed by atoms with Crippen LogP contribution in [0.4, 0.5) is 9.18 Å². The number of benzene rings is 1. The molecule has 1 aromatic rings. The Morgan fingerprint density at radius 1 is 1.27 bits per heavy atom. The number of nitrogens with zero attached hydrogens (tertiary/aromatic N) is 2. The van der Waals surface area contributed by atoms with Crippen molar-refractivity contribution >= 4 is 27.7 Å². The summed E-state index contributed by atoms with van der Waals surface area (Å²) >= 11 is 5.71. The molecule has 2 aliphatic heterocycles. The highest BCUT2D eigenvalue weighted by atomic mass is 35.5.